The van der Waals surface area contributed by atoms with E-state index in [1.165, 1.54) is 0 Å². The second-order valence-electron chi connectivity index (χ2n) is 3.81. The van der Waals surface area contributed by atoms with Crippen molar-refractivity contribution in [1.29, 1.82) is 0 Å². The molecule has 1 amide bonds. The number of aliphatic hydroxyl groups is 1. The first-order chi connectivity index (χ1) is 8.13. The van der Waals surface area contributed by atoms with Crippen LogP contribution in [-0.4, -0.2) is 45.8 Å². The summed E-state index contributed by atoms with van der Waals surface area (Å²) in [6.07, 6.45) is 0.672. The van der Waals surface area contributed by atoms with Crippen LogP contribution in [0.5, 0.6) is 0 Å². The van der Waals surface area contributed by atoms with Crippen LogP contribution < -0.4 is 0 Å². The third-order valence-electron chi connectivity index (χ3n) is 2.60. The molecule has 5 nitrogen and oxygen atoms in total. The maximum absolute atomic E-state index is 12.2. The zero-order valence-corrected chi connectivity index (χ0v) is 10.6. The highest BCUT2D eigenvalue weighted by Gasteiger charge is 2.18. The summed E-state index contributed by atoms with van der Waals surface area (Å²) in [4.78, 5) is 13.9. The number of carbonyl (C=O) groups excluding carboxylic acids is 1. The first-order valence-electron chi connectivity index (χ1n) is 5.87. The van der Waals surface area contributed by atoms with E-state index in [0.29, 0.717) is 30.8 Å². The predicted molar refractivity (Wildman–Crippen MR) is 64.8 cm³/mol. The molecule has 1 heterocycles. The van der Waals surface area contributed by atoms with Gasteiger partial charge in [0.25, 0.3) is 5.91 Å². The minimum atomic E-state index is -0.0867. The molecule has 94 valence electrons. The second kappa shape index (κ2) is 6.30. The molecular formula is C12H19N3O2. The topological polar surface area (TPSA) is 66.3 Å². The van der Waals surface area contributed by atoms with Crippen LogP contribution in [0.1, 0.15) is 35.6 Å². The van der Waals surface area contributed by atoms with E-state index in [2.05, 4.69) is 10.2 Å². The number of amides is 1. The summed E-state index contributed by atoms with van der Waals surface area (Å²) in [7, 11) is 0. The van der Waals surface area contributed by atoms with Crippen LogP contribution in [0.3, 0.4) is 0 Å². The summed E-state index contributed by atoms with van der Waals surface area (Å²) in [5.74, 6) is -0.0867. The average molecular weight is 237 g/mol. The van der Waals surface area contributed by atoms with Crippen LogP contribution in [0.4, 0.5) is 0 Å². The summed E-state index contributed by atoms with van der Waals surface area (Å²) in [6.45, 7) is 6.53. The Labute approximate surface area is 101 Å². The maximum Gasteiger partial charge on any atom is 0.255 e. The van der Waals surface area contributed by atoms with Gasteiger partial charge in [-0.25, -0.2) is 0 Å². The van der Waals surface area contributed by atoms with Gasteiger partial charge in [-0.15, -0.1) is 0 Å². The molecule has 0 fully saturated rings. The lowest BCUT2D eigenvalue weighted by atomic mass is 10.1. The van der Waals surface area contributed by atoms with E-state index in [1.54, 1.807) is 11.0 Å². The van der Waals surface area contributed by atoms with Crippen molar-refractivity contribution < 1.29 is 9.90 Å². The Morgan fingerprint density at radius 2 is 2.12 bits per heavy atom. The van der Waals surface area contributed by atoms with Gasteiger partial charge < -0.3 is 10.0 Å². The van der Waals surface area contributed by atoms with Crippen LogP contribution >= 0.6 is 0 Å². The van der Waals surface area contributed by atoms with Crippen molar-refractivity contribution in [1.82, 2.24) is 15.1 Å². The van der Waals surface area contributed by atoms with E-state index in [-0.39, 0.29) is 12.5 Å². The fraction of sp³-hybridized carbons (Fsp3) is 0.583. The lowest BCUT2D eigenvalue weighted by Crippen LogP contribution is -2.34. The van der Waals surface area contributed by atoms with Gasteiger partial charge in [0.15, 0.2) is 0 Å². The summed E-state index contributed by atoms with van der Waals surface area (Å²) in [5, 5.41) is 16.9. The molecule has 0 bridgehead atoms. The first kappa shape index (κ1) is 13.6. The minimum absolute atomic E-state index is 0.0292. The highest BCUT2D eigenvalue weighted by molar-refractivity contribution is 5.95. The summed E-state index contributed by atoms with van der Waals surface area (Å²) >= 11 is 0. The van der Waals surface area contributed by atoms with E-state index < -0.39 is 0 Å². The van der Waals surface area contributed by atoms with E-state index in [9.17, 15) is 4.79 Å². The van der Waals surface area contributed by atoms with Crippen molar-refractivity contribution in [2.24, 2.45) is 0 Å². The number of rotatable bonds is 5. The molecule has 0 atom stereocenters. The summed E-state index contributed by atoms with van der Waals surface area (Å²) < 4.78 is 0. The number of likely N-dealkylation sites (N-methyl/N-ethyl adjacent to an activating group) is 1. The lowest BCUT2D eigenvalue weighted by molar-refractivity contribution is 0.0730. The van der Waals surface area contributed by atoms with E-state index >= 15 is 0 Å². The number of hydrogen-bond acceptors (Lipinski definition) is 4. The average Bonchev–Trinajstić information content (AvgIpc) is 2.35. The van der Waals surface area contributed by atoms with Crippen molar-refractivity contribution in [3.63, 3.8) is 0 Å². The fourth-order valence-electron chi connectivity index (χ4n) is 1.65. The Morgan fingerprint density at radius 1 is 1.41 bits per heavy atom. The van der Waals surface area contributed by atoms with Gasteiger partial charge in [0, 0.05) is 13.1 Å². The van der Waals surface area contributed by atoms with Crippen molar-refractivity contribution in [2.45, 2.75) is 27.2 Å². The Kier molecular flexibility index (Phi) is 5.03. The fourth-order valence-corrected chi connectivity index (χ4v) is 1.65. The van der Waals surface area contributed by atoms with Crippen LogP contribution in [-0.2, 0) is 6.42 Å². The number of hydrogen-bond donors (Lipinski definition) is 1. The highest BCUT2D eigenvalue weighted by atomic mass is 16.3. The van der Waals surface area contributed by atoms with Crippen molar-refractivity contribution in [3.05, 3.63) is 23.0 Å². The zero-order chi connectivity index (χ0) is 12.8. The third-order valence-corrected chi connectivity index (χ3v) is 2.60. The molecule has 0 aromatic carbocycles. The van der Waals surface area contributed by atoms with Crippen molar-refractivity contribution in [2.75, 3.05) is 19.7 Å². The zero-order valence-electron chi connectivity index (χ0n) is 10.6. The molecule has 0 aliphatic heterocycles. The molecule has 0 aliphatic rings. The molecule has 1 aromatic heterocycles. The van der Waals surface area contributed by atoms with Gasteiger partial charge in [0.1, 0.15) is 0 Å². The molecule has 5 heteroatoms. The minimum Gasteiger partial charge on any atom is -0.395 e. The third kappa shape index (κ3) is 3.23. The van der Waals surface area contributed by atoms with E-state index in [0.717, 1.165) is 5.69 Å². The molecular weight excluding hydrogens is 218 g/mol. The van der Waals surface area contributed by atoms with Crippen LogP contribution in [0.25, 0.3) is 0 Å². The van der Waals surface area contributed by atoms with E-state index in [1.807, 2.05) is 20.8 Å². The lowest BCUT2D eigenvalue weighted by Gasteiger charge is -2.20. The number of aryl methyl sites for hydroxylation is 2. The number of aliphatic hydroxyl groups excluding tert-OH is 1. The maximum atomic E-state index is 12.2. The largest absolute Gasteiger partial charge is 0.395 e. The van der Waals surface area contributed by atoms with Crippen LogP contribution in [0.15, 0.2) is 6.07 Å². The SMILES string of the molecule is CCc1nnc(C)cc1C(=O)N(CC)CCO. The molecule has 0 radical (unpaired) electrons. The Balaban J connectivity index is 3.04. The molecule has 0 spiro atoms. The van der Waals surface area contributed by atoms with Crippen molar-refractivity contribution in [3.8, 4) is 0 Å². The second-order valence-corrected chi connectivity index (χ2v) is 3.81. The Bertz CT molecular complexity index is 393. The standard InChI is InChI=1S/C12H19N3O2/c1-4-11-10(8-9(3)13-14-11)12(17)15(5-2)6-7-16/h8,16H,4-7H2,1-3H3. The first-order valence-corrected chi connectivity index (χ1v) is 5.87. The molecule has 17 heavy (non-hydrogen) atoms. The molecule has 0 unspecified atom stereocenters. The molecule has 1 aromatic rings. The molecule has 1 N–H and O–H groups in total. The highest BCUT2D eigenvalue weighted by Crippen LogP contribution is 2.10. The molecule has 0 saturated carbocycles. The number of nitrogens with zero attached hydrogens (tertiary/aromatic N) is 3. The monoisotopic (exact) mass is 237 g/mol. The number of aromatic nitrogens is 2. The van der Waals surface area contributed by atoms with Crippen LogP contribution in [0, 0.1) is 6.92 Å². The predicted octanol–water partition coefficient (Wildman–Crippen LogP) is 0.802. The summed E-state index contributed by atoms with van der Waals surface area (Å²) in [6, 6.07) is 1.76. The van der Waals surface area contributed by atoms with Gasteiger partial charge in [-0.2, -0.15) is 10.2 Å². The molecule has 1 rings (SSSR count). The Morgan fingerprint density at radius 3 is 2.65 bits per heavy atom. The van der Waals surface area contributed by atoms with Gasteiger partial charge in [0.05, 0.1) is 23.6 Å². The van der Waals surface area contributed by atoms with Crippen LogP contribution in [0.2, 0.25) is 0 Å². The van der Waals surface area contributed by atoms with E-state index in [4.69, 9.17) is 5.11 Å². The van der Waals surface area contributed by atoms with Gasteiger partial charge in [-0.3, -0.25) is 4.79 Å². The molecule has 0 saturated heterocycles. The summed E-state index contributed by atoms with van der Waals surface area (Å²) in [5.41, 5.74) is 2.03. The Hall–Kier alpha value is -1.49. The van der Waals surface area contributed by atoms with Gasteiger partial charge in [-0.05, 0) is 26.3 Å². The molecule has 0 aliphatic carbocycles. The van der Waals surface area contributed by atoms with Gasteiger partial charge in [-0.1, -0.05) is 6.92 Å². The quantitative estimate of drug-likeness (QED) is 0.822. The number of carbonyl (C=O) groups is 1. The normalized spacial score (nSPS) is 10.4. The van der Waals surface area contributed by atoms with Gasteiger partial charge >= 0.3 is 0 Å². The van der Waals surface area contributed by atoms with Crippen molar-refractivity contribution >= 4 is 5.91 Å². The smallest absolute Gasteiger partial charge is 0.255 e. The van der Waals surface area contributed by atoms with Gasteiger partial charge in [0.2, 0.25) is 0 Å².